The van der Waals surface area contributed by atoms with Crippen molar-refractivity contribution in [1.82, 2.24) is 10.2 Å². The fraction of sp³-hybridized carbons (Fsp3) is 0.833. The van der Waals surface area contributed by atoms with Crippen molar-refractivity contribution in [3.8, 4) is 6.07 Å². The second-order valence-electron chi connectivity index (χ2n) is 4.59. The van der Waals surface area contributed by atoms with Crippen LogP contribution in [-0.2, 0) is 4.74 Å². The number of nitrogens with one attached hydrogen (secondary N) is 1. The zero-order chi connectivity index (χ0) is 15.2. The van der Waals surface area contributed by atoms with E-state index in [4.69, 9.17) is 10.00 Å². The Morgan fingerprint density at radius 3 is 2.55 bits per heavy atom. The first-order valence-corrected chi connectivity index (χ1v) is 6.49. The molecule has 114 valence electrons. The molecule has 1 fully saturated rings. The van der Waals surface area contributed by atoms with Crippen molar-refractivity contribution in [2.75, 3.05) is 26.2 Å². The second kappa shape index (κ2) is 7.33. The third-order valence-electron chi connectivity index (χ3n) is 3.18. The smallest absolute Gasteiger partial charge is 0.409 e. The molecule has 0 radical (unpaired) electrons. The van der Waals surface area contributed by atoms with E-state index in [1.807, 2.05) is 0 Å². The third kappa shape index (κ3) is 4.89. The van der Waals surface area contributed by atoms with E-state index in [0.717, 1.165) is 0 Å². The van der Waals surface area contributed by atoms with Crippen LogP contribution in [-0.4, -0.2) is 49.5 Å². The molecule has 5 nitrogen and oxygen atoms in total. The van der Waals surface area contributed by atoms with Crippen LogP contribution in [0.2, 0.25) is 0 Å². The molecule has 1 N–H and O–H groups in total. The monoisotopic (exact) mass is 293 g/mol. The molecule has 1 rings (SSSR count). The molecule has 0 saturated carbocycles. The maximum Gasteiger partial charge on any atom is 0.409 e. The normalized spacial score (nSPS) is 18.4. The molecular formula is C12H18F3N3O2. The molecule has 0 aliphatic carbocycles. The number of piperidine rings is 1. The number of alkyl halides is 3. The Hall–Kier alpha value is -1.49. The minimum absolute atomic E-state index is 0.112. The number of carbonyl (C=O) groups excluding carboxylic acids is 1. The van der Waals surface area contributed by atoms with Crippen molar-refractivity contribution in [1.29, 1.82) is 5.26 Å². The lowest BCUT2D eigenvalue weighted by atomic mass is 10.0. The van der Waals surface area contributed by atoms with E-state index in [2.05, 4.69) is 5.32 Å². The summed E-state index contributed by atoms with van der Waals surface area (Å²) in [5.41, 5.74) is 0. The van der Waals surface area contributed by atoms with Crippen LogP contribution in [0.5, 0.6) is 0 Å². The second-order valence-corrected chi connectivity index (χ2v) is 4.59. The van der Waals surface area contributed by atoms with Crippen molar-refractivity contribution >= 4 is 6.09 Å². The van der Waals surface area contributed by atoms with Crippen LogP contribution in [0.3, 0.4) is 0 Å². The maximum absolute atomic E-state index is 12.4. The number of likely N-dealkylation sites (tertiary alicyclic amines) is 1. The Labute approximate surface area is 115 Å². The molecule has 1 saturated heterocycles. The molecule has 0 bridgehead atoms. The summed E-state index contributed by atoms with van der Waals surface area (Å²) in [7, 11) is 0. The van der Waals surface area contributed by atoms with Gasteiger partial charge < -0.3 is 15.0 Å². The van der Waals surface area contributed by atoms with E-state index in [9.17, 15) is 18.0 Å². The number of rotatable bonds is 4. The van der Waals surface area contributed by atoms with Gasteiger partial charge in [-0.1, -0.05) is 0 Å². The number of hydrogen-bond donors (Lipinski definition) is 1. The fourth-order valence-corrected chi connectivity index (χ4v) is 2.00. The van der Waals surface area contributed by atoms with E-state index in [0.29, 0.717) is 32.5 Å². The molecule has 1 aliphatic heterocycles. The van der Waals surface area contributed by atoms with E-state index in [-0.39, 0.29) is 6.04 Å². The molecule has 0 aromatic rings. The SMILES string of the molecule is CCOC(=O)N1CCC(NCC(C#N)C(F)(F)F)CC1. The van der Waals surface area contributed by atoms with Crippen molar-refractivity contribution in [2.24, 2.45) is 5.92 Å². The van der Waals surface area contributed by atoms with Crippen molar-refractivity contribution in [3.63, 3.8) is 0 Å². The highest BCUT2D eigenvalue weighted by Crippen LogP contribution is 2.25. The van der Waals surface area contributed by atoms with Gasteiger partial charge in [-0.25, -0.2) is 4.79 Å². The minimum Gasteiger partial charge on any atom is -0.450 e. The summed E-state index contributed by atoms with van der Waals surface area (Å²) in [4.78, 5) is 13.0. The van der Waals surface area contributed by atoms with Crippen LogP contribution < -0.4 is 5.32 Å². The topological polar surface area (TPSA) is 65.4 Å². The minimum atomic E-state index is -4.51. The maximum atomic E-state index is 12.4. The molecular weight excluding hydrogens is 275 g/mol. The van der Waals surface area contributed by atoms with Gasteiger partial charge in [0.1, 0.15) is 0 Å². The third-order valence-corrected chi connectivity index (χ3v) is 3.18. The Morgan fingerprint density at radius 1 is 1.50 bits per heavy atom. The lowest BCUT2D eigenvalue weighted by Crippen LogP contribution is -2.47. The van der Waals surface area contributed by atoms with Crippen molar-refractivity contribution in [3.05, 3.63) is 0 Å². The summed E-state index contributed by atoms with van der Waals surface area (Å²) in [5, 5.41) is 11.2. The zero-order valence-corrected chi connectivity index (χ0v) is 11.2. The molecule has 1 amide bonds. The first-order chi connectivity index (χ1) is 9.38. The number of halogens is 3. The van der Waals surface area contributed by atoms with E-state index in [1.165, 1.54) is 11.0 Å². The molecule has 1 atom stereocenters. The Bertz CT molecular complexity index is 360. The molecule has 20 heavy (non-hydrogen) atoms. The summed E-state index contributed by atoms with van der Waals surface area (Å²) in [6.07, 6.45) is -3.80. The Balaban J connectivity index is 2.33. The van der Waals surface area contributed by atoms with Gasteiger partial charge in [-0.05, 0) is 19.8 Å². The first kappa shape index (κ1) is 16.6. The van der Waals surface area contributed by atoms with Crippen LogP contribution in [0.25, 0.3) is 0 Å². The Morgan fingerprint density at radius 2 is 2.10 bits per heavy atom. The van der Waals surface area contributed by atoms with E-state index < -0.39 is 24.7 Å². The van der Waals surface area contributed by atoms with Crippen LogP contribution in [0.4, 0.5) is 18.0 Å². The standard InChI is InChI=1S/C12H18F3N3O2/c1-2-20-11(19)18-5-3-10(4-6-18)17-8-9(7-16)12(13,14)15/h9-10,17H,2-6,8H2,1H3. The van der Waals surface area contributed by atoms with E-state index >= 15 is 0 Å². The molecule has 0 spiro atoms. The van der Waals surface area contributed by atoms with Gasteiger partial charge in [0.2, 0.25) is 0 Å². The predicted octanol–water partition coefficient (Wildman–Crippen LogP) is 1.90. The van der Waals surface area contributed by atoms with Crippen LogP contribution in [0.15, 0.2) is 0 Å². The van der Waals surface area contributed by atoms with Gasteiger partial charge in [-0.15, -0.1) is 0 Å². The summed E-state index contributed by atoms with van der Waals surface area (Å²) < 4.78 is 42.0. The lowest BCUT2D eigenvalue weighted by Gasteiger charge is -2.32. The van der Waals surface area contributed by atoms with Crippen molar-refractivity contribution < 1.29 is 22.7 Å². The number of nitriles is 1. The largest absolute Gasteiger partial charge is 0.450 e. The summed E-state index contributed by atoms with van der Waals surface area (Å²) in [6, 6.07) is 1.14. The average Bonchev–Trinajstić information content (AvgIpc) is 2.39. The van der Waals surface area contributed by atoms with Crippen LogP contribution >= 0.6 is 0 Å². The van der Waals surface area contributed by atoms with Gasteiger partial charge in [0, 0.05) is 25.7 Å². The lowest BCUT2D eigenvalue weighted by molar-refractivity contribution is -0.158. The number of nitrogens with zero attached hydrogens (tertiary/aromatic N) is 2. The molecule has 1 aliphatic rings. The van der Waals surface area contributed by atoms with Gasteiger partial charge >= 0.3 is 12.3 Å². The van der Waals surface area contributed by atoms with Gasteiger partial charge in [0.25, 0.3) is 0 Å². The first-order valence-electron chi connectivity index (χ1n) is 6.49. The number of hydrogen-bond acceptors (Lipinski definition) is 4. The van der Waals surface area contributed by atoms with Crippen LogP contribution in [0.1, 0.15) is 19.8 Å². The summed E-state index contributed by atoms with van der Waals surface area (Å²) in [6.45, 7) is 2.49. The highest BCUT2D eigenvalue weighted by Gasteiger charge is 2.40. The predicted molar refractivity (Wildman–Crippen MR) is 64.8 cm³/mol. The number of carbonyl (C=O) groups is 1. The van der Waals surface area contributed by atoms with Crippen molar-refractivity contribution in [2.45, 2.75) is 32.0 Å². The summed E-state index contributed by atoms with van der Waals surface area (Å²) in [5.74, 6) is -1.99. The van der Waals surface area contributed by atoms with E-state index in [1.54, 1.807) is 6.92 Å². The van der Waals surface area contributed by atoms with Crippen LogP contribution in [0, 0.1) is 17.2 Å². The molecule has 0 aromatic carbocycles. The quantitative estimate of drug-likeness (QED) is 0.859. The Kier molecular flexibility index (Phi) is 6.07. The average molecular weight is 293 g/mol. The van der Waals surface area contributed by atoms with Gasteiger partial charge in [0.05, 0.1) is 12.7 Å². The fourth-order valence-electron chi connectivity index (χ4n) is 2.00. The van der Waals surface area contributed by atoms with Gasteiger partial charge in [0.15, 0.2) is 5.92 Å². The van der Waals surface area contributed by atoms with Gasteiger partial charge in [-0.2, -0.15) is 18.4 Å². The zero-order valence-electron chi connectivity index (χ0n) is 11.2. The van der Waals surface area contributed by atoms with Gasteiger partial charge in [-0.3, -0.25) is 0 Å². The highest BCUT2D eigenvalue weighted by atomic mass is 19.4. The number of ether oxygens (including phenoxy) is 1. The molecule has 1 heterocycles. The summed E-state index contributed by atoms with van der Waals surface area (Å²) >= 11 is 0. The number of amides is 1. The highest BCUT2D eigenvalue weighted by molar-refractivity contribution is 5.67. The molecule has 0 aromatic heterocycles. The molecule has 8 heteroatoms. The molecule has 1 unspecified atom stereocenters.